The van der Waals surface area contributed by atoms with Gasteiger partial charge in [-0.1, -0.05) is 13.8 Å². The third kappa shape index (κ3) is 4.42. The number of nitrogens with one attached hydrogen (secondary N) is 2. The van der Waals surface area contributed by atoms with Crippen LogP contribution in [0.1, 0.15) is 30.8 Å². The van der Waals surface area contributed by atoms with Gasteiger partial charge in [-0.25, -0.2) is 13.5 Å². The van der Waals surface area contributed by atoms with Crippen molar-refractivity contribution < 1.29 is 13.2 Å². The summed E-state index contributed by atoms with van der Waals surface area (Å²) in [5, 5.41) is 8.46. The molecule has 0 aliphatic carbocycles. The van der Waals surface area contributed by atoms with Gasteiger partial charge in [-0.2, -0.15) is 9.40 Å². The molecular weight excluding hydrogens is 368 g/mol. The molecule has 2 N–H and O–H groups in total. The van der Waals surface area contributed by atoms with E-state index in [0.717, 1.165) is 6.42 Å². The Morgan fingerprint density at radius 3 is 2.30 bits per heavy atom. The highest BCUT2D eigenvalue weighted by molar-refractivity contribution is 7.89. The molecule has 8 nitrogen and oxygen atoms in total. The second-order valence-electron chi connectivity index (χ2n) is 7.05. The minimum atomic E-state index is -3.56. The number of aromatic nitrogens is 2. The van der Waals surface area contributed by atoms with Gasteiger partial charge >= 0.3 is 0 Å². The summed E-state index contributed by atoms with van der Waals surface area (Å²) < 4.78 is 27.3. The first-order valence-electron chi connectivity index (χ1n) is 8.73. The summed E-state index contributed by atoms with van der Waals surface area (Å²) in [5.74, 6) is 0.152. The first-order chi connectivity index (χ1) is 12.8. The summed E-state index contributed by atoms with van der Waals surface area (Å²) in [6.45, 7) is 5.15. The van der Waals surface area contributed by atoms with E-state index < -0.39 is 21.5 Å². The first kappa shape index (κ1) is 19.2. The second kappa shape index (κ2) is 7.61. The van der Waals surface area contributed by atoms with E-state index in [1.54, 1.807) is 0 Å². The summed E-state index contributed by atoms with van der Waals surface area (Å²) in [6.07, 6.45) is 1.02. The van der Waals surface area contributed by atoms with E-state index in [-0.39, 0.29) is 10.6 Å². The van der Waals surface area contributed by atoms with E-state index in [9.17, 15) is 18.0 Å². The van der Waals surface area contributed by atoms with Crippen molar-refractivity contribution in [3.05, 3.63) is 52.4 Å². The topological polar surface area (TPSA) is 112 Å². The highest BCUT2D eigenvalue weighted by atomic mass is 32.2. The van der Waals surface area contributed by atoms with Gasteiger partial charge in [0, 0.05) is 24.8 Å². The molecule has 9 heteroatoms. The van der Waals surface area contributed by atoms with Crippen molar-refractivity contribution >= 4 is 21.6 Å². The fourth-order valence-corrected chi connectivity index (χ4v) is 5.01. The SMILES string of the molecule is CC1CC(C)CN(S(=O)(=O)c2ccc(NC(=O)c3ccc(=O)[nH]n3)cc2)C1. The number of rotatable bonds is 4. The highest BCUT2D eigenvalue weighted by Gasteiger charge is 2.31. The number of H-pyrrole nitrogens is 1. The first-order valence-corrected chi connectivity index (χ1v) is 10.2. The summed E-state index contributed by atoms with van der Waals surface area (Å²) in [5.41, 5.74) is 0.0948. The number of aromatic amines is 1. The van der Waals surface area contributed by atoms with Crippen molar-refractivity contribution in [1.82, 2.24) is 14.5 Å². The molecular formula is C18H22N4O4S. The average Bonchev–Trinajstić information content (AvgIpc) is 2.62. The predicted molar refractivity (Wildman–Crippen MR) is 101 cm³/mol. The van der Waals surface area contributed by atoms with Crippen LogP contribution in [0.4, 0.5) is 5.69 Å². The lowest BCUT2D eigenvalue weighted by atomic mass is 9.94. The zero-order valence-corrected chi connectivity index (χ0v) is 16.0. The maximum Gasteiger partial charge on any atom is 0.276 e. The molecule has 1 amide bonds. The lowest BCUT2D eigenvalue weighted by molar-refractivity contribution is 0.102. The maximum absolute atomic E-state index is 12.9. The van der Waals surface area contributed by atoms with Crippen LogP contribution < -0.4 is 10.9 Å². The molecule has 1 saturated heterocycles. The van der Waals surface area contributed by atoms with E-state index >= 15 is 0 Å². The van der Waals surface area contributed by atoms with Gasteiger partial charge in [-0.05, 0) is 48.6 Å². The average molecular weight is 390 g/mol. The fraction of sp³-hybridized carbons (Fsp3) is 0.389. The van der Waals surface area contributed by atoms with Crippen LogP contribution in [0, 0.1) is 11.8 Å². The number of amides is 1. The van der Waals surface area contributed by atoms with Crippen molar-refractivity contribution in [2.75, 3.05) is 18.4 Å². The Morgan fingerprint density at radius 2 is 1.74 bits per heavy atom. The zero-order chi connectivity index (χ0) is 19.6. The number of hydrogen-bond donors (Lipinski definition) is 2. The number of benzene rings is 1. The Kier molecular flexibility index (Phi) is 5.43. The fourth-order valence-electron chi connectivity index (χ4n) is 3.33. The Morgan fingerprint density at radius 1 is 1.11 bits per heavy atom. The molecule has 1 fully saturated rings. The molecule has 1 aromatic carbocycles. The number of hydrogen-bond acceptors (Lipinski definition) is 5. The van der Waals surface area contributed by atoms with E-state index in [1.165, 1.54) is 40.7 Å². The minimum Gasteiger partial charge on any atom is -0.321 e. The van der Waals surface area contributed by atoms with E-state index in [4.69, 9.17) is 0 Å². The van der Waals surface area contributed by atoms with Crippen LogP contribution in [0.2, 0.25) is 0 Å². The second-order valence-corrected chi connectivity index (χ2v) is 8.99. The van der Waals surface area contributed by atoms with Gasteiger partial charge in [-0.3, -0.25) is 9.59 Å². The van der Waals surface area contributed by atoms with Crippen molar-refractivity contribution in [3.63, 3.8) is 0 Å². The summed E-state index contributed by atoms with van der Waals surface area (Å²) in [7, 11) is -3.56. The lowest BCUT2D eigenvalue weighted by Crippen LogP contribution is -2.42. The Bertz CT molecular complexity index is 955. The van der Waals surface area contributed by atoms with Crippen LogP contribution in [0.5, 0.6) is 0 Å². The van der Waals surface area contributed by atoms with Crippen LogP contribution in [0.15, 0.2) is 46.1 Å². The third-order valence-corrected chi connectivity index (χ3v) is 6.34. The molecule has 2 atom stereocenters. The zero-order valence-electron chi connectivity index (χ0n) is 15.2. The molecule has 0 saturated carbocycles. The number of carbonyl (C=O) groups excluding carboxylic acids is 1. The summed E-state index contributed by atoms with van der Waals surface area (Å²) >= 11 is 0. The molecule has 3 rings (SSSR count). The monoisotopic (exact) mass is 390 g/mol. The molecule has 0 radical (unpaired) electrons. The maximum atomic E-state index is 12.9. The number of nitrogens with zero attached hydrogens (tertiary/aromatic N) is 2. The van der Waals surface area contributed by atoms with E-state index in [0.29, 0.717) is 30.6 Å². The predicted octanol–water partition coefficient (Wildman–Crippen LogP) is 1.69. The molecule has 0 spiro atoms. The van der Waals surface area contributed by atoms with Gasteiger partial charge in [0.2, 0.25) is 10.0 Å². The molecule has 0 bridgehead atoms. The van der Waals surface area contributed by atoms with E-state index in [1.807, 2.05) is 0 Å². The van der Waals surface area contributed by atoms with E-state index in [2.05, 4.69) is 29.4 Å². The summed E-state index contributed by atoms with van der Waals surface area (Å²) in [6, 6.07) is 8.55. The van der Waals surface area contributed by atoms with Crippen LogP contribution in [0.3, 0.4) is 0 Å². The highest BCUT2D eigenvalue weighted by Crippen LogP contribution is 2.27. The number of piperidine rings is 1. The molecule has 2 unspecified atom stereocenters. The van der Waals surface area contributed by atoms with Crippen molar-refractivity contribution in [2.24, 2.45) is 11.8 Å². The molecule has 1 aliphatic rings. The van der Waals surface area contributed by atoms with Crippen LogP contribution >= 0.6 is 0 Å². The van der Waals surface area contributed by atoms with Crippen LogP contribution in [-0.4, -0.2) is 41.9 Å². The van der Waals surface area contributed by atoms with Crippen LogP contribution in [-0.2, 0) is 10.0 Å². The molecule has 27 heavy (non-hydrogen) atoms. The van der Waals surface area contributed by atoms with Gasteiger partial charge in [0.15, 0.2) is 0 Å². The quantitative estimate of drug-likeness (QED) is 0.825. The normalized spacial score (nSPS) is 21.0. The standard InChI is InChI=1S/C18H22N4O4S/c1-12-9-13(2)11-22(10-12)27(25,26)15-5-3-14(4-6-15)19-18(24)16-7-8-17(23)21-20-16/h3-8,12-13H,9-11H2,1-2H3,(H,19,24)(H,21,23). The minimum absolute atomic E-state index is 0.0580. The van der Waals surface area contributed by atoms with Gasteiger partial charge in [0.25, 0.3) is 11.5 Å². The number of carbonyl (C=O) groups is 1. The van der Waals surface area contributed by atoms with Gasteiger partial charge in [-0.15, -0.1) is 0 Å². The van der Waals surface area contributed by atoms with Crippen molar-refractivity contribution in [3.8, 4) is 0 Å². The van der Waals surface area contributed by atoms with Gasteiger partial charge in [0.1, 0.15) is 5.69 Å². The number of anilines is 1. The van der Waals surface area contributed by atoms with Crippen LogP contribution in [0.25, 0.3) is 0 Å². The lowest BCUT2D eigenvalue weighted by Gasteiger charge is -2.34. The summed E-state index contributed by atoms with van der Waals surface area (Å²) in [4.78, 5) is 23.3. The molecule has 1 aliphatic heterocycles. The van der Waals surface area contributed by atoms with Gasteiger partial charge < -0.3 is 5.32 Å². The largest absolute Gasteiger partial charge is 0.321 e. The number of sulfonamides is 1. The van der Waals surface area contributed by atoms with Crippen molar-refractivity contribution in [1.29, 1.82) is 0 Å². The Balaban J connectivity index is 1.73. The Labute approximate surface area is 157 Å². The van der Waals surface area contributed by atoms with Crippen molar-refractivity contribution in [2.45, 2.75) is 25.2 Å². The molecule has 144 valence electrons. The molecule has 2 aromatic rings. The Hall–Kier alpha value is -2.52. The molecule has 2 heterocycles. The third-order valence-electron chi connectivity index (χ3n) is 4.50. The van der Waals surface area contributed by atoms with Gasteiger partial charge in [0.05, 0.1) is 4.90 Å². The molecule has 1 aromatic heterocycles. The smallest absolute Gasteiger partial charge is 0.276 e.